The van der Waals surface area contributed by atoms with Gasteiger partial charge in [0.15, 0.2) is 5.69 Å². The normalized spacial score (nSPS) is 10.6. The van der Waals surface area contributed by atoms with Gasteiger partial charge in [0.1, 0.15) is 5.82 Å². The molecule has 0 saturated carbocycles. The van der Waals surface area contributed by atoms with Gasteiger partial charge in [-0.3, -0.25) is 4.79 Å². The Bertz CT molecular complexity index is 1270. The van der Waals surface area contributed by atoms with Crippen molar-refractivity contribution in [2.75, 3.05) is 11.9 Å². The molecule has 0 unspecified atom stereocenters. The maximum atomic E-state index is 13.9. The fraction of sp³-hybridized carbons (Fsp3) is 0.0800. The molecule has 0 bridgehead atoms. The summed E-state index contributed by atoms with van der Waals surface area (Å²) in [6.45, 7) is 1.92. The van der Waals surface area contributed by atoms with E-state index >= 15 is 0 Å². The van der Waals surface area contributed by atoms with Crippen molar-refractivity contribution in [3.63, 3.8) is 0 Å². The Labute approximate surface area is 184 Å². The molecule has 4 rings (SSSR count). The fourth-order valence-electron chi connectivity index (χ4n) is 3.25. The molecule has 1 N–H and O–H groups in total. The van der Waals surface area contributed by atoms with Crippen molar-refractivity contribution in [2.24, 2.45) is 0 Å². The summed E-state index contributed by atoms with van der Waals surface area (Å²) < 4.78 is 20.4. The molecule has 0 saturated heterocycles. The Morgan fingerprint density at radius 2 is 1.75 bits per heavy atom. The van der Waals surface area contributed by atoms with Crippen LogP contribution < -0.4 is 5.32 Å². The molecule has 1 amide bonds. The summed E-state index contributed by atoms with van der Waals surface area (Å²) in [5, 5.41) is 7.21. The number of carbonyl (C=O) groups excluding carboxylic acids is 2. The standard InChI is InChI=1S/C25H20FN3O3/c1-2-32-25(31)22-16-23(29(28-22)21-13-7-11-19(26)15-21)18-10-6-12-20(14-18)27-24(30)17-8-4-3-5-9-17/h3-16H,2H2,1H3,(H,27,30). The molecule has 0 spiro atoms. The lowest BCUT2D eigenvalue weighted by atomic mass is 10.1. The monoisotopic (exact) mass is 429 g/mol. The van der Waals surface area contributed by atoms with Crippen LogP contribution in [0.4, 0.5) is 10.1 Å². The van der Waals surface area contributed by atoms with Crippen LogP contribution in [-0.4, -0.2) is 28.3 Å². The molecule has 0 aliphatic heterocycles. The van der Waals surface area contributed by atoms with Crippen LogP contribution in [-0.2, 0) is 4.74 Å². The lowest BCUT2D eigenvalue weighted by Gasteiger charge is -2.10. The van der Waals surface area contributed by atoms with E-state index in [1.807, 2.05) is 12.1 Å². The third kappa shape index (κ3) is 4.57. The number of carbonyl (C=O) groups is 2. The van der Waals surface area contributed by atoms with Crippen LogP contribution in [0.3, 0.4) is 0 Å². The Morgan fingerprint density at radius 1 is 0.969 bits per heavy atom. The second kappa shape index (κ2) is 9.26. The summed E-state index contributed by atoms with van der Waals surface area (Å²) in [7, 11) is 0. The van der Waals surface area contributed by atoms with Gasteiger partial charge in [-0.25, -0.2) is 13.9 Å². The van der Waals surface area contributed by atoms with Gasteiger partial charge in [0.2, 0.25) is 0 Å². The van der Waals surface area contributed by atoms with Crippen LogP contribution in [0, 0.1) is 5.82 Å². The zero-order chi connectivity index (χ0) is 22.5. The van der Waals surface area contributed by atoms with Gasteiger partial charge in [0.05, 0.1) is 18.0 Å². The molecule has 6 nitrogen and oxygen atoms in total. The van der Waals surface area contributed by atoms with Gasteiger partial charge in [-0.15, -0.1) is 0 Å². The molecule has 0 atom stereocenters. The molecule has 1 aromatic heterocycles. The van der Waals surface area contributed by atoms with E-state index < -0.39 is 11.8 Å². The molecule has 4 aromatic rings. The van der Waals surface area contributed by atoms with Gasteiger partial charge < -0.3 is 10.1 Å². The van der Waals surface area contributed by atoms with Crippen LogP contribution >= 0.6 is 0 Å². The molecule has 0 radical (unpaired) electrons. The molecular formula is C25H20FN3O3. The smallest absolute Gasteiger partial charge is 0.358 e. The van der Waals surface area contributed by atoms with Gasteiger partial charge in [0, 0.05) is 16.8 Å². The number of anilines is 1. The van der Waals surface area contributed by atoms with Crippen LogP contribution in [0.5, 0.6) is 0 Å². The quantitative estimate of drug-likeness (QED) is 0.433. The molecule has 0 fully saturated rings. The number of nitrogens with one attached hydrogen (secondary N) is 1. The Balaban J connectivity index is 1.73. The molecule has 1 heterocycles. The van der Waals surface area contributed by atoms with Gasteiger partial charge >= 0.3 is 5.97 Å². The van der Waals surface area contributed by atoms with Gasteiger partial charge in [-0.2, -0.15) is 5.10 Å². The van der Waals surface area contributed by atoms with Gasteiger partial charge in [-0.1, -0.05) is 36.4 Å². The molecular weight excluding hydrogens is 409 g/mol. The lowest BCUT2D eigenvalue weighted by Crippen LogP contribution is -2.11. The first-order chi connectivity index (χ1) is 15.5. The van der Waals surface area contributed by atoms with Crippen LogP contribution in [0.25, 0.3) is 16.9 Å². The van der Waals surface area contributed by atoms with Crippen molar-refractivity contribution in [3.8, 4) is 16.9 Å². The van der Waals surface area contributed by atoms with Crippen molar-refractivity contribution in [2.45, 2.75) is 6.92 Å². The van der Waals surface area contributed by atoms with E-state index in [4.69, 9.17) is 4.74 Å². The van der Waals surface area contributed by atoms with E-state index in [2.05, 4.69) is 10.4 Å². The molecule has 7 heteroatoms. The predicted molar refractivity (Wildman–Crippen MR) is 119 cm³/mol. The fourth-order valence-corrected chi connectivity index (χ4v) is 3.25. The van der Waals surface area contributed by atoms with E-state index in [1.54, 1.807) is 67.6 Å². The van der Waals surface area contributed by atoms with E-state index in [0.717, 1.165) is 0 Å². The third-order valence-corrected chi connectivity index (χ3v) is 4.70. The summed E-state index contributed by atoms with van der Waals surface area (Å²) in [4.78, 5) is 24.8. The van der Waals surface area contributed by atoms with Crippen LogP contribution in [0.1, 0.15) is 27.8 Å². The molecule has 0 aliphatic carbocycles. The minimum absolute atomic E-state index is 0.102. The van der Waals surface area contributed by atoms with E-state index in [-0.39, 0.29) is 18.2 Å². The van der Waals surface area contributed by atoms with E-state index in [0.29, 0.717) is 28.2 Å². The second-order valence-corrected chi connectivity index (χ2v) is 6.93. The number of benzene rings is 3. The number of halogens is 1. The first-order valence-corrected chi connectivity index (χ1v) is 10.0. The highest BCUT2D eigenvalue weighted by atomic mass is 19.1. The number of ether oxygens (including phenoxy) is 1. The SMILES string of the molecule is CCOC(=O)c1cc(-c2cccc(NC(=O)c3ccccc3)c2)n(-c2cccc(F)c2)n1. The summed E-state index contributed by atoms with van der Waals surface area (Å²) in [5.74, 6) is -1.24. The van der Waals surface area contributed by atoms with Crippen LogP contribution in [0.2, 0.25) is 0 Å². The minimum atomic E-state index is -0.572. The summed E-state index contributed by atoms with van der Waals surface area (Å²) in [5.41, 5.74) is 2.89. The highest BCUT2D eigenvalue weighted by Gasteiger charge is 2.18. The predicted octanol–water partition coefficient (Wildman–Crippen LogP) is 5.11. The number of aromatic nitrogens is 2. The summed E-state index contributed by atoms with van der Waals surface area (Å²) >= 11 is 0. The van der Waals surface area contributed by atoms with Gasteiger partial charge in [-0.05, 0) is 55.5 Å². The van der Waals surface area contributed by atoms with Crippen LogP contribution in [0.15, 0.2) is 84.9 Å². The Hall–Kier alpha value is -4.26. The molecule has 160 valence electrons. The number of amides is 1. The summed E-state index contributed by atoms with van der Waals surface area (Å²) in [6.07, 6.45) is 0. The van der Waals surface area contributed by atoms with Gasteiger partial charge in [0.25, 0.3) is 5.91 Å². The average Bonchev–Trinajstić information content (AvgIpc) is 3.26. The van der Waals surface area contributed by atoms with Crippen molar-refractivity contribution in [1.82, 2.24) is 9.78 Å². The average molecular weight is 429 g/mol. The molecule has 3 aromatic carbocycles. The number of esters is 1. The highest BCUT2D eigenvalue weighted by molar-refractivity contribution is 6.04. The molecule has 0 aliphatic rings. The second-order valence-electron chi connectivity index (χ2n) is 6.93. The lowest BCUT2D eigenvalue weighted by molar-refractivity contribution is 0.0519. The van der Waals surface area contributed by atoms with Crippen molar-refractivity contribution < 1.29 is 18.7 Å². The zero-order valence-electron chi connectivity index (χ0n) is 17.3. The first-order valence-electron chi connectivity index (χ1n) is 10.0. The van der Waals surface area contributed by atoms with E-state index in [1.165, 1.54) is 16.8 Å². The topological polar surface area (TPSA) is 73.2 Å². The highest BCUT2D eigenvalue weighted by Crippen LogP contribution is 2.27. The van der Waals surface area contributed by atoms with Crippen molar-refractivity contribution in [1.29, 1.82) is 0 Å². The minimum Gasteiger partial charge on any atom is -0.461 e. The first kappa shape index (κ1) is 21.0. The maximum absolute atomic E-state index is 13.9. The number of hydrogen-bond donors (Lipinski definition) is 1. The molecule has 32 heavy (non-hydrogen) atoms. The van der Waals surface area contributed by atoms with Crippen molar-refractivity contribution in [3.05, 3.63) is 102 Å². The third-order valence-electron chi connectivity index (χ3n) is 4.70. The Kier molecular flexibility index (Phi) is 6.07. The van der Waals surface area contributed by atoms with Crippen molar-refractivity contribution >= 4 is 17.6 Å². The van der Waals surface area contributed by atoms with E-state index in [9.17, 15) is 14.0 Å². The number of hydrogen-bond acceptors (Lipinski definition) is 4. The maximum Gasteiger partial charge on any atom is 0.358 e. The zero-order valence-corrected chi connectivity index (χ0v) is 17.3. The summed E-state index contributed by atoms with van der Waals surface area (Å²) in [6, 6.07) is 23.5. The Morgan fingerprint density at radius 3 is 2.50 bits per heavy atom. The number of rotatable bonds is 6. The largest absolute Gasteiger partial charge is 0.461 e. The number of nitrogens with zero attached hydrogens (tertiary/aromatic N) is 2.